The van der Waals surface area contributed by atoms with Gasteiger partial charge in [-0.3, -0.25) is 9.59 Å². The highest BCUT2D eigenvalue weighted by molar-refractivity contribution is 5.87. The van der Waals surface area contributed by atoms with Crippen molar-refractivity contribution in [1.29, 1.82) is 5.26 Å². The second-order valence-electron chi connectivity index (χ2n) is 5.60. The number of carbonyl (C=O) groups excluding carboxylic acids is 2. The van der Waals surface area contributed by atoms with E-state index in [0.29, 0.717) is 23.2 Å². The van der Waals surface area contributed by atoms with Crippen molar-refractivity contribution in [3.05, 3.63) is 56.4 Å². The predicted molar refractivity (Wildman–Crippen MR) is 89.4 cm³/mol. The average molecular weight is 358 g/mol. The van der Waals surface area contributed by atoms with E-state index in [2.05, 4.69) is 9.72 Å². The molecule has 0 aliphatic carbocycles. The molecule has 2 rings (SSSR count). The number of aromatic amines is 1. The van der Waals surface area contributed by atoms with Crippen molar-refractivity contribution < 1.29 is 23.5 Å². The van der Waals surface area contributed by atoms with Gasteiger partial charge in [-0.15, -0.1) is 0 Å². The predicted octanol–water partition coefficient (Wildman–Crippen LogP) is 1.92. The molecule has 26 heavy (non-hydrogen) atoms. The van der Waals surface area contributed by atoms with Gasteiger partial charge in [0.15, 0.2) is 0 Å². The van der Waals surface area contributed by atoms with Gasteiger partial charge in [-0.05, 0) is 37.5 Å². The van der Waals surface area contributed by atoms with E-state index in [1.807, 2.05) is 6.07 Å². The van der Waals surface area contributed by atoms with Crippen LogP contribution in [0.15, 0.2) is 21.5 Å². The number of pyridine rings is 1. The topological polar surface area (TPSA) is 122 Å². The molecule has 2 heterocycles. The van der Waals surface area contributed by atoms with Crippen LogP contribution in [0, 0.1) is 25.2 Å². The number of methoxy groups -OCH3 is 1. The monoisotopic (exact) mass is 358 g/mol. The lowest BCUT2D eigenvalue weighted by Gasteiger charge is -2.10. The van der Waals surface area contributed by atoms with Crippen molar-refractivity contribution in [2.45, 2.75) is 33.3 Å². The number of H-pyrrole nitrogens is 1. The number of hydrogen-bond donors (Lipinski definition) is 1. The number of aromatic nitrogens is 1. The van der Waals surface area contributed by atoms with E-state index in [9.17, 15) is 14.4 Å². The number of furan rings is 1. The van der Waals surface area contributed by atoms with Gasteiger partial charge in [0.1, 0.15) is 18.2 Å². The summed E-state index contributed by atoms with van der Waals surface area (Å²) in [5.41, 5.74) is 1.92. The second kappa shape index (κ2) is 8.16. The Labute approximate surface area is 149 Å². The molecule has 0 aromatic carbocycles. The summed E-state index contributed by atoms with van der Waals surface area (Å²) < 4.78 is 14.8. The van der Waals surface area contributed by atoms with Crippen molar-refractivity contribution in [3.63, 3.8) is 0 Å². The second-order valence-corrected chi connectivity index (χ2v) is 5.60. The van der Waals surface area contributed by atoms with Gasteiger partial charge in [0.25, 0.3) is 5.56 Å². The van der Waals surface area contributed by atoms with Crippen LogP contribution in [0.2, 0.25) is 0 Å². The summed E-state index contributed by atoms with van der Waals surface area (Å²) in [7, 11) is 1.23. The van der Waals surface area contributed by atoms with E-state index >= 15 is 0 Å². The Balaban J connectivity index is 2.01. The third-order valence-electron chi connectivity index (χ3n) is 4.01. The molecule has 0 radical (unpaired) electrons. The molecule has 8 nitrogen and oxygen atoms in total. The lowest BCUT2D eigenvalue weighted by molar-refractivity contribution is -0.144. The minimum Gasteiger partial charge on any atom is -0.463 e. The average Bonchev–Trinajstić information content (AvgIpc) is 3.07. The number of nitrogens with zero attached hydrogens (tertiary/aromatic N) is 1. The van der Waals surface area contributed by atoms with Crippen LogP contribution in [-0.4, -0.2) is 24.0 Å². The normalized spacial score (nSPS) is 10.2. The van der Waals surface area contributed by atoms with Crippen LogP contribution < -0.4 is 5.56 Å². The molecule has 0 spiro atoms. The smallest absolute Gasteiger partial charge is 0.374 e. The number of ether oxygens (including phenoxy) is 2. The Hall–Kier alpha value is -3.34. The maximum atomic E-state index is 12.0. The fourth-order valence-corrected chi connectivity index (χ4v) is 2.60. The summed E-state index contributed by atoms with van der Waals surface area (Å²) in [6.45, 7) is 3.27. The Bertz CT molecular complexity index is 932. The largest absolute Gasteiger partial charge is 0.463 e. The Kier molecular flexibility index (Phi) is 5.96. The van der Waals surface area contributed by atoms with Gasteiger partial charge in [-0.25, -0.2) is 4.79 Å². The van der Waals surface area contributed by atoms with E-state index in [-0.39, 0.29) is 24.4 Å². The van der Waals surface area contributed by atoms with Crippen molar-refractivity contribution in [3.8, 4) is 6.07 Å². The summed E-state index contributed by atoms with van der Waals surface area (Å²) in [5.74, 6) is -1.14. The first-order valence-electron chi connectivity index (χ1n) is 7.81. The third-order valence-corrected chi connectivity index (χ3v) is 4.01. The molecule has 136 valence electrons. The van der Waals surface area contributed by atoms with E-state index in [0.717, 1.165) is 5.56 Å². The molecule has 0 bridgehead atoms. The molecule has 0 saturated heterocycles. The molecule has 0 fully saturated rings. The van der Waals surface area contributed by atoms with E-state index < -0.39 is 17.5 Å². The zero-order valence-electron chi connectivity index (χ0n) is 14.7. The molecule has 8 heteroatoms. The van der Waals surface area contributed by atoms with Crippen molar-refractivity contribution in [1.82, 2.24) is 4.98 Å². The summed E-state index contributed by atoms with van der Waals surface area (Å²) >= 11 is 0. The Morgan fingerprint density at radius 1 is 1.35 bits per heavy atom. The molecule has 0 unspecified atom stereocenters. The zero-order chi connectivity index (χ0) is 19.3. The van der Waals surface area contributed by atoms with Crippen LogP contribution in [0.1, 0.15) is 44.9 Å². The molecule has 2 aromatic heterocycles. The van der Waals surface area contributed by atoms with Crippen molar-refractivity contribution in [2.75, 3.05) is 7.11 Å². The van der Waals surface area contributed by atoms with Gasteiger partial charge < -0.3 is 18.9 Å². The quantitative estimate of drug-likeness (QED) is 0.783. The highest BCUT2D eigenvalue weighted by Gasteiger charge is 2.18. The molecule has 1 N–H and O–H groups in total. The van der Waals surface area contributed by atoms with Crippen molar-refractivity contribution in [2.24, 2.45) is 0 Å². The number of nitriles is 1. The first kappa shape index (κ1) is 19.0. The van der Waals surface area contributed by atoms with Crippen LogP contribution in [0.3, 0.4) is 0 Å². The number of rotatable bonds is 6. The fourth-order valence-electron chi connectivity index (χ4n) is 2.60. The Morgan fingerprint density at radius 2 is 2.08 bits per heavy atom. The van der Waals surface area contributed by atoms with E-state index in [4.69, 9.17) is 14.4 Å². The minimum atomic E-state index is -0.649. The van der Waals surface area contributed by atoms with Crippen LogP contribution >= 0.6 is 0 Å². The van der Waals surface area contributed by atoms with E-state index in [1.54, 1.807) is 13.8 Å². The van der Waals surface area contributed by atoms with Gasteiger partial charge in [0.2, 0.25) is 5.76 Å². The summed E-state index contributed by atoms with van der Waals surface area (Å²) in [6, 6.07) is 3.39. The number of aryl methyl sites for hydroxylation is 1. The van der Waals surface area contributed by atoms with Crippen LogP contribution in [-0.2, 0) is 27.3 Å². The number of hydrogen-bond acceptors (Lipinski definition) is 7. The van der Waals surface area contributed by atoms with Gasteiger partial charge in [0.05, 0.1) is 13.4 Å². The molecule has 0 aliphatic heterocycles. The molecular formula is C18H18N2O6. The third kappa shape index (κ3) is 4.00. The lowest BCUT2D eigenvalue weighted by atomic mass is 9.99. The molecule has 0 aliphatic rings. The SMILES string of the molecule is COC(=O)c1occc1COC(=O)CCc1c(C)[nH]c(=O)c(C#N)c1C. The number of nitrogens with one attached hydrogen (secondary N) is 1. The Morgan fingerprint density at radius 3 is 2.73 bits per heavy atom. The molecule has 0 amide bonds. The summed E-state index contributed by atoms with van der Waals surface area (Å²) in [6.07, 6.45) is 1.69. The highest BCUT2D eigenvalue weighted by Crippen LogP contribution is 2.16. The molecule has 2 aromatic rings. The van der Waals surface area contributed by atoms with Gasteiger partial charge in [-0.1, -0.05) is 0 Å². The van der Waals surface area contributed by atoms with Gasteiger partial charge in [0, 0.05) is 17.7 Å². The summed E-state index contributed by atoms with van der Waals surface area (Å²) in [4.78, 5) is 37.8. The van der Waals surface area contributed by atoms with Crippen molar-refractivity contribution >= 4 is 11.9 Å². The minimum absolute atomic E-state index is 0.00807. The zero-order valence-corrected chi connectivity index (χ0v) is 14.7. The summed E-state index contributed by atoms with van der Waals surface area (Å²) in [5, 5.41) is 9.06. The molecule has 0 atom stereocenters. The number of esters is 2. The maximum Gasteiger partial charge on any atom is 0.374 e. The first-order chi connectivity index (χ1) is 12.4. The van der Waals surface area contributed by atoms with Gasteiger partial charge in [-0.2, -0.15) is 5.26 Å². The van der Waals surface area contributed by atoms with E-state index in [1.165, 1.54) is 19.4 Å². The van der Waals surface area contributed by atoms with Crippen LogP contribution in [0.25, 0.3) is 0 Å². The van der Waals surface area contributed by atoms with Gasteiger partial charge >= 0.3 is 11.9 Å². The maximum absolute atomic E-state index is 12.0. The van der Waals surface area contributed by atoms with Crippen LogP contribution in [0.4, 0.5) is 0 Å². The standard InChI is InChI=1S/C18H18N2O6/c1-10-13(11(2)20-17(22)14(10)8-19)4-5-15(21)26-9-12-6-7-25-16(12)18(23)24-3/h6-7H,4-5,9H2,1-3H3,(H,20,22). The molecular weight excluding hydrogens is 340 g/mol. The lowest BCUT2D eigenvalue weighted by Crippen LogP contribution is -2.17. The molecule has 0 saturated carbocycles. The highest BCUT2D eigenvalue weighted by atomic mass is 16.5. The number of carbonyl (C=O) groups is 2. The van der Waals surface area contributed by atoms with Crippen LogP contribution in [0.5, 0.6) is 0 Å². The first-order valence-corrected chi connectivity index (χ1v) is 7.81. The fraction of sp³-hybridized carbons (Fsp3) is 0.333.